The van der Waals surface area contributed by atoms with E-state index in [4.69, 9.17) is 9.40 Å². The summed E-state index contributed by atoms with van der Waals surface area (Å²) in [5, 5.41) is 7.10. The molecule has 12 rings (SSSR count). The van der Waals surface area contributed by atoms with E-state index in [0.29, 0.717) is 5.89 Å². The van der Waals surface area contributed by atoms with Crippen LogP contribution < -0.4 is 4.90 Å². The first kappa shape index (κ1) is 34.8. The molecule has 0 saturated heterocycles. The van der Waals surface area contributed by atoms with Gasteiger partial charge in [0, 0.05) is 38.5 Å². The zero-order chi connectivity index (χ0) is 40.3. The van der Waals surface area contributed by atoms with Crippen LogP contribution in [0.5, 0.6) is 0 Å². The van der Waals surface area contributed by atoms with Crippen molar-refractivity contribution < 1.29 is 4.42 Å². The van der Waals surface area contributed by atoms with Crippen LogP contribution in [0.1, 0.15) is 0 Å². The van der Waals surface area contributed by atoms with Gasteiger partial charge in [0.1, 0.15) is 5.52 Å². The van der Waals surface area contributed by atoms with Crippen molar-refractivity contribution in [1.29, 1.82) is 0 Å². The van der Waals surface area contributed by atoms with E-state index in [1.165, 1.54) is 43.8 Å². The molecule has 2 heterocycles. The molecule has 2 aromatic heterocycles. The molecular formula is C57H37N3O. The zero-order valence-electron chi connectivity index (χ0n) is 33.1. The maximum absolute atomic E-state index is 6.75. The summed E-state index contributed by atoms with van der Waals surface area (Å²) >= 11 is 0. The molecule has 10 aromatic carbocycles. The summed E-state index contributed by atoms with van der Waals surface area (Å²) in [6.07, 6.45) is 0. The molecule has 0 radical (unpaired) electrons. The number of rotatable bonds is 7. The minimum atomic E-state index is 0.594. The van der Waals surface area contributed by atoms with Crippen LogP contribution in [-0.4, -0.2) is 9.55 Å². The van der Waals surface area contributed by atoms with Crippen LogP contribution in [0.15, 0.2) is 229 Å². The Morgan fingerprint density at radius 2 is 1.02 bits per heavy atom. The van der Waals surface area contributed by atoms with Crippen molar-refractivity contribution in [2.45, 2.75) is 0 Å². The lowest BCUT2D eigenvalue weighted by atomic mass is 10.0. The van der Waals surface area contributed by atoms with Crippen LogP contribution in [0.25, 0.3) is 93.8 Å². The second-order valence-corrected chi connectivity index (χ2v) is 15.6. The Balaban J connectivity index is 1.11. The number of oxazole rings is 1. The fourth-order valence-corrected chi connectivity index (χ4v) is 9.11. The molecule has 0 bridgehead atoms. The van der Waals surface area contributed by atoms with Crippen LogP contribution in [0.3, 0.4) is 0 Å². The van der Waals surface area contributed by atoms with Gasteiger partial charge >= 0.3 is 0 Å². The lowest BCUT2D eigenvalue weighted by Gasteiger charge is -2.27. The Hall–Kier alpha value is -8.21. The quantitative estimate of drug-likeness (QED) is 0.162. The first-order valence-electron chi connectivity index (χ1n) is 20.7. The van der Waals surface area contributed by atoms with Crippen molar-refractivity contribution in [2.24, 2.45) is 0 Å². The second-order valence-electron chi connectivity index (χ2n) is 15.6. The molecule has 0 N–H and O–H groups in total. The number of nitrogens with zero attached hydrogens (tertiary/aromatic N) is 3. The summed E-state index contributed by atoms with van der Waals surface area (Å²) in [4.78, 5) is 7.36. The molecule has 0 spiro atoms. The van der Waals surface area contributed by atoms with Gasteiger partial charge in [0.25, 0.3) is 0 Å². The average Bonchev–Trinajstić information content (AvgIpc) is 3.93. The molecule has 0 saturated carbocycles. The molecule has 0 unspecified atom stereocenters. The Morgan fingerprint density at radius 3 is 1.84 bits per heavy atom. The van der Waals surface area contributed by atoms with Crippen molar-refractivity contribution in [1.82, 2.24) is 9.55 Å². The number of benzene rings is 10. The molecule has 4 nitrogen and oxygen atoms in total. The third-order valence-corrected chi connectivity index (χ3v) is 12.0. The van der Waals surface area contributed by atoms with Gasteiger partial charge in [0.05, 0.1) is 22.4 Å². The molecule has 0 aliphatic heterocycles. The third kappa shape index (κ3) is 5.88. The summed E-state index contributed by atoms with van der Waals surface area (Å²) in [6, 6.07) is 80.0. The highest BCUT2D eigenvalue weighted by Gasteiger charge is 2.25. The Labute approximate surface area is 352 Å². The van der Waals surface area contributed by atoms with Gasteiger partial charge < -0.3 is 13.9 Å². The molecule has 0 atom stereocenters. The Kier molecular flexibility index (Phi) is 8.13. The summed E-state index contributed by atoms with van der Waals surface area (Å²) < 4.78 is 9.20. The molecule has 4 heteroatoms. The largest absolute Gasteiger partial charge is 0.434 e. The van der Waals surface area contributed by atoms with E-state index in [9.17, 15) is 0 Å². The second kappa shape index (κ2) is 14.3. The van der Waals surface area contributed by atoms with Crippen molar-refractivity contribution in [3.8, 4) is 39.4 Å². The Morgan fingerprint density at radius 1 is 0.393 bits per heavy atom. The van der Waals surface area contributed by atoms with E-state index in [-0.39, 0.29) is 0 Å². The molecule has 0 fully saturated rings. The average molecular weight is 780 g/mol. The van der Waals surface area contributed by atoms with Gasteiger partial charge in [0.2, 0.25) is 5.89 Å². The summed E-state index contributed by atoms with van der Waals surface area (Å²) in [5.74, 6) is 0.594. The van der Waals surface area contributed by atoms with Crippen molar-refractivity contribution >= 4 is 71.5 Å². The number of para-hydroxylation sites is 2. The van der Waals surface area contributed by atoms with Crippen LogP contribution >= 0.6 is 0 Å². The lowest BCUT2D eigenvalue weighted by Crippen LogP contribution is -2.11. The number of aromatic nitrogens is 2. The van der Waals surface area contributed by atoms with Crippen molar-refractivity contribution in [3.05, 3.63) is 224 Å². The highest BCUT2D eigenvalue weighted by Crippen LogP contribution is 2.47. The molecule has 0 aliphatic carbocycles. The van der Waals surface area contributed by atoms with E-state index in [1.807, 2.05) is 36.4 Å². The topological polar surface area (TPSA) is 34.2 Å². The van der Waals surface area contributed by atoms with E-state index >= 15 is 0 Å². The first-order valence-corrected chi connectivity index (χ1v) is 20.7. The minimum absolute atomic E-state index is 0.594. The highest BCUT2D eigenvalue weighted by molar-refractivity contribution is 6.23. The predicted octanol–water partition coefficient (Wildman–Crippen LogP) is 15.7. The van der Waals surface area contributed by atoms with E-state index in [2.05, 4.69) is 198 Å². The van der Waals surface area contributed by atoms with Gasteiger partial charge in [-0.1, -0.05) is 158 Å². The molecule has 12 aromatic rings. The molecule has 0 aliphatic rings. The van der Waals surface area contributed by atoms with Gasteiger partial charge in [-0.15, -0.1) is 0 Å². The van der Waals surface area contributed by atoms with Crippen molar-refractivity contribution in [3.63, 3.8) is 0 Å². The Bertz CT molecular complexity index is 3590. The SMILES string of the molecule is c1ccc(-c2ccc(N(c3cc4c5ccccc5n(-c5cccc(-c6ccc7ccccc7c6)c5)c4c4ccccc34)c3cccc4nc(-c5ccccc5)oc34)cc2)cc1. The van der Waals surface area contributed by atoms with Crippen LogP contribution in [0, 0.1) is 0 Å². The molecule has 61 heavy (non-hydrogen) atoms. The fraction of sp³-hybridized carbons (Fsp3) is 0. The molecule has 286 valence electrons. The maximum Gasteiger partial charge on any atom is 0.227 e. The van der Waals surface area contributed by atoms with Gasteiger partial charge in [0.15, 0.2) is 5.58 Å². The molecule has 0 amide bonds. The number of hydrogen-bond acceptors (Lipinski definition) is 3. The zero-order valence-corrected chi connectivity index (χ0v) is 33.1. The number of hydrogen-bond donors (Lipinski definition) is 0. The predicted molar refractivity (Wildman–Crippen MR) is 254 cm³/mol. The smallest absolute Gasteiger partial charge is 0.227 e. The monoisotopic (exact) mass is 779 g/mol. The molecular weight excluding hydrogens is 743 g/mol. The van der Waals surface area contributed by atoms with Crippen LogP contribution in [0.4, 0.5) is 17.1 Å². The van der Waals surface area contributed by atoms with Gasteiger partial charge in [-0.2, -0.15) is 0 Å². The van der Waals surface area contributed by atoms with Crippen LogP contribution in [0.2, 0.25) is 0 Å². The summed E-state index contributed by atoms with van der Waals surface area (Å²) in [7, 11) is 0. The lowest BCUT2D eigenvalue weighted by molar-refractivity contribution is 0.620. The number of fused-ring (bicyclic) bond motifs is 7. The van der Waals surface area contributed by atoms with Gasteiger partial charge in [-0.25, -0.2) is 4.98 Å². The van der Waals surface area contributed by atoms with E-state index in [0.717, 1.165) is 61.3 Å². The minimum Gasteiger partial charge on any atom is -0.434 e. The normalized spacial score (nSPS) is 11.6. The number of anilines is 3. The third-order valence-electron chi connectivity index (χ3n) is 12.0. The summed E-state index contributed by atoms with van der Waals surface area (Å²) in [5.41, 5.74) is 13.6. The van der Waals surface area contributed by atoms with Gasteiger partial charge in [-0.05, 0) is 99.8 Å². The highest BCUT2D eigenvalue weighted by atomic mass is 16.3. The first-order chi connectivity index (χ1) is 30.2. The van der Waals surface area contributed by atoms with E-state index < -0.39 is 0 Å². The van der Waals surface area contributed by atoms with Crippen molar-refractivity contribution in [2.75, 3.05) is 4.90 Å². The summed E-state index contributed by atoms with van der Waals surface area (Å²) in [6.45, 7) is 0. The van der Waals surface area contributed by atoms with Crippen LogP contribution in [-0.2, 0) is 0 Å². The van der Waals surface area contributed by atoms with E-state index in [1.54, 1.807) is 0 Å². The maximum atomic E-state index is 6.75. The standard InChI is InChI=1S/C57H37N3O/c1-3-15-38(16-4-1)40-31-33-45(34-32-40)59(53-28-14-26-51-56(53)61-57(58-51)41-18-5-2-6-19-41)54-37-50-48-24-11-12-27-52(48)60(55(50)49-25-10-9-23-47(49)54)46-22-13-21-43(36-46)44-30-29-39-17-7-8-20-42(39)35-44/h1-37H. The fourth-order valence-electron chi connectivity index (χ4n) is 9.11. The van der Waals surface area contributed by atoms with Gasteiger partial charge in [-0.3, -0.25) is 0 Å².